The molecule has 0 fully saturated rings. The number of methoxy groups -OCH3 is 1. The maximum atomic E-state index is 15.3. The van der Waals surface area contributed by atoms with E-state index in [1.165, 1.54) is 31.6 Å². The summed E-state index contributed by atoms with van der Waals surface area (Å²) in [5.74, 6) is -2.25. The van der Waals surface area contributed by atoms with E-state index in [0.29, 0.717) is 10.9 Å². The van der Waals surface area contributed by atoms with Gasteiger partial charge in [-0.2, -0.15) is 0 Å². The van der Waals surface area contributed by atoms with Crippen LogP contribution in [0.15, 0.2) is 53.7 Å². The van der Waals surface area contributed by atoms with Crippen LogP contribution in [0.3, 0.4) is 0 Å². The fourth-order valence-electron chi connectivity index (χ4n) is 3.04. The first kappa shape index (κ1) is 21.7. The highest BCUT2D eigenvalue weighted by molar-refractivity contribution is 7.92. The van der Waals surface area contributed by atoms with Crippen molar-refractivity contribution in [2.24, 2.45) is 0 Å². The first-order chi connectivity index (χ1) is 15.2. The number of fused-ring (bicyclic) bond motifs is 1. The number of hydrogen-bond acceptors (Lipinski definition) is 7. The van der Waals surface area contributed by atoms with E-state index in [-0.39, 0.29) is 22.4 Å². The summed E-state index contributed by atoms with van der Waals surface area (Å²) < 4.78 is 62.7. The lowest BCUT2D eigenvalue weighted by molar-refractivity contribution is 0.385. The van der Waals surface area contributed by atoms with Crippen molar-refractivity contribution in [1.29, 1.82) is 0 Å². The lowest BCUT2D eigenvalue weighted by Crippen LogP contribution is -2.16. The Kier molecular flexibility index (Phi) is 5.53. The van der Waals surface area contributed by atoms with Crippen molar-refractivity contribution in [2.45, 2.75) is 4.90 Å². The van der Waals surface area contributed by atoms with Crippen molar-refractivity contribution in [3.8, 4) is 17.0 Å². The summed E-state index contributed by atoms with van der Waals surface area (Å²) in [5, 5.41) is 0.644. The molecule has 3 N–H and O–H groups in total. The summed E-state index contributed by atoms with van der Waals surface area (Å²) in [6.07, 6.45) is 2.68. The van der Waals surface area contributed by atoms with Crippen LogP contribution in [0.2, 0.25) is 5.02 Å². The van der Waals surface area contributed by atoms with Crippen molar-refractivity contribution in [3.05, 3.63) is 65.4 Å². The van der Waals surface area contributed by atoms with Crippen LogP contribution in [0, 0.1) is 11.6 Å². The molecule has 0 saturated carbocycles. The summed E-state index contributed by atoms with van der Waals surface area (Å²) in [6.45, 7) is 0. The molecule has 2 aromatic carbocycles. The minimum absolute atomic E-state index is 0.00110. The lowest BCUT2D eigenvalue weighted by atomic mass is 10.0. The largest absolute Gasteiger partial charge is 0.480 e. The topological polar surface area (TPSA) is 120 Å². The van der Waals surface area contributed by atoms with Crippen molar-refractivity contribution in [1.82, 2.24) is 15.0 Å². The van der Waals surface area contributed by atoms with Crippen molar-refractivity contribution < 1.29 is 21.9 Å². The number of nitrogens with one attached hydrogen (secondary N) is 1. The summed E-state index contributed by atoms with van der Waals surface area (Å²) in [6, 6.07) is 7.48. The van der Waals surface area contributed by atoms with Crippen molar-refractivity contribution in [2.75, 3.05) is 17.6 Å². The molecule has 4 rings (SSSR count). The lowest BCUT2D eigenvalue weighted by Gasteiger charge is -2.14. The minimum Gasteiger partial charge on any atom is -0.480 e. The van der Waals surface area contributed by atoms with Gasteiger partial charge in [-0.15, -0.1) is 0 Å². The molecule has 8 nitrogen and oxygen atoms in total. The van der Waals surface area contributed by atoms with Crippen LogP contribution in [0.4, 0.5) is 20.4 Å². The monoisotopic (exact) mass is 477 g/mol. The second-order valence-electron chi connectivity index (χ2n) is 6.55. The average Bonchev–Trinajstić information content (AvgIpc) is 2.75. The Morgan fingerprint density at radius 2 is 1.88 bits per heavy atom. The molecule has 164 valence electrons. The molecular formula is C20H14ClF2N5O3S. The Hall–Kier alpha value is -3.57. The van der Waals surface area contributed by atoms with Gasteiger partial charge in [0.2, 0.25) is 11.8 Å². The van der Waals surface area contributed by atoms with E-state index in [1.807, 2.05) is 0 Å². The zero-order valence-corrected chi connectivity index (χ0v) is 17.9. The zero-order chi connectivity index (χ0) is 23.0. The molecule has 2 heterocycles. The number of hydrogen-bond donors (Lipinski definition) is 2. The third kappa shape index (κ3) is 3.99. The van der Waals surface area contributed by atoms with E-state index < -0.39 is 37.8 Å². The van der Waals surface area contributed by atoms with Gasteiger partial charge in [0.25, 0.3) is 10.0 Å². The highest BCUT2D eigenvalue weighted by Crippen LogP contribution is 2.34. The SMILES string of the molecule is COc1ncc(Cl)cc1S(=O)(=O)Nc1ccc(F)c(-c2ccc3cnc(N)nc3c2)c1F. The molecule has 0 spiro atoms. The fraction of sp³-hybridized carbons (Fsp3) is 0.0500. The van der Waals surface area contributed by atoms with Gasteiger partial charge in [-0.05, 0) is 29.8 Å². The van der Waals surface area contributed by atoms with Crippen LogP contribution in [0.1, 0.15) is 0 Å². The third-order valence-corrected chi connectivity index (χ3v) is 6.06. The fourth-order valence-corrected chi connectivity index (χ4v) is 4.47. The molecule has 0 aliphatic heterocycles. The average molecular weight is 478 g/mol. The number of pyridine rings is 1. The number of rotatable bonds is 5. The number of aromatic nitrogens is 3. The van der Waals surface area contributed by atoms with E-state index in [2.05, 4.69) is 19.7 Å². The van der Waals surface area contributed by atoms with Crippen LogP contribution in [-0.2, 0) is 10.0 Å². The first-order valence-corrected chi connectivity index (χ1v) is 10.8. The number of nitrogens with two attached hydrogens (primary N) is 1. The Morgan fingerprint density at radius 3 is 2.62 bits per heavy atom. The predicted octanol–water partition coefficient (Wildman–Crippen LogP) is 4.02. The molecule has 2 aromatic heterocycles. The highest BCUT2D eigenvalue weighted by Gasteiger charge is 2.25. The molecule has 0 aliphatic carbocycles. The smallest absolute Gasteiger partial charge is 0.267 e. The number of nitrogen functional groups attached to an aromatic ring is 1. The first-order valence-electron chi connectivity index (χ1n) is 8.92. The summed E-state index contributed by atoms with van der Waals surface area (Å²) in [5.41, 5.74) is 5.16. The predicted molar refractivity (Wildman–Crippen MR) is 116 cm³/mol. The summed E-state index contributed by atoms with van der Waals surface area (Å²) in [7, 11) is -3.15. The Labute approximate surface area is 186 Å². The molecule has 0 amide bonds. The Bertz CT molecular complexity index is 1470. The van der Waals surface area contributed by atoms with Crippen LogP contribution in [-0.4, -0.2) is 30.5 Å². The molecule has 32 heavy (non-hydrogen) atoms. The number of halogens is 3. The quantitative estimate of drug-likeness (QED) is 0.445. The maximum absolute atomic E-state index is 15.3. The second kappa shape index (κ2) is 8.17. The standard InChI is InChI=1S/C20H14ClF2N5O3S/c1-31-19-16(7-12(21)9-25-19)32(29,30)28-14-5-4-13(22)17(18(14)23)10-2-3-11-8-26-20(24)27-15(11)6-10/h2-9,28H,1H3,(H2,24,26,27). The summed E-state index contributed by atoms with van der Waals surface area (Å²) in [4.78, 5) is 11.3. The Morgan fingerprint density at radius 1 is 1.09 bits per heavy atom. The van der Waals surface area contributed by atoms with E-state index in [1.54, 1.807) is 6.07 Å². The van der Waals surface area contributed by atoms with Gasteiger partial charge >= 0.3 is 0 Å². The normalized spacial score (nSPS) is 11.5. The third-order valence-electron chi connectivity index (χ3n) is 4.49. The van der Waals surface area contributed by atoms with Gasteiger partial charge in [0, 0.05) is 17.8 Å². The number of benzene rings is 2. The molecule has 0 bridgehead atoms. The number of anilines is 2. The molecule has 0 radical (unpaired) electrons. The zero-order valence-electron chi connectivity index (χ0n) is 16.3. The van der Waals surface area contributed by atoms with Crippen LogP contribution >= 0.6 is 11.6 Å². The van der Waals surface area contributed by atoms with Gasteiger partial charge in [0.1, 0.15) is 5.82 Å². The van der Waals surface area contributed by atoms with Gasteiger partial charge in [-0.3, -0.25) is 4.72 Å². The van der Waals surface area contributed by atoms with Gasteiger partial charge < -0.3 is 10.5 Å². The molecule has 0 unspecified atom stereocenters. The molecular weight excluding hydrogens is 464 g/mol. The highest BCUT2D eigenvalue weighted by atomic mass is 35.5. The molecule has 0 aliphatic rings. The molecule has 0 saturated heterocycles. The maximum Gasteiger partial charge on any atom is 0.267 e. The molecule has 12 heteroatoms. The van der Waals surface area contributed by atoms with Gasteiger partial charge in [-0.1, -0.05) is 23.7 Å². The number of nitrogens with zero attached hydrogens (tertiary/aromatic N) is 3. The molecule has 4 aromatic rings. The summed E-state index contributed by atoms with van der Waals surface area (Å²) >= 11 is 5.85. The van der Waals surface area contributed by atoms with E-state index in [4.69, 9.17) is 22.1 Å². The van der Waals surface area contributed by atoms with Crippen molar-refractivity contribution >= 4 is 44.2 Å². The van der Waals surface area contributed by atoms with E-state index in [9.17, 15) is 12.8 Å². The van der Waals surface area contributed by atoms with Crippen molar-refractivity contribution in [3.63, 3.8) is 0 Å². The molecule has 0 atom stereocenters. The second-order valence-corrected chi connectivity index (χ2v) is 8.64. The van der Waals surface area contributed by atoms with Crippen LogP contribution in [0.25, 0.3) is 22.0 Å². The van der Waals surface area contributed by atoms with E-state index >= 15 is 4.39 Å². The van der Waals surface area contributed by atoms with Gasteiger partial charge in [-0.25, -0.2) is 32.2 Å². The number of sulfonamides is 1. The van der Waals surface area contributed by atoms with Crippen LogP contribution in [0.5, 0.6) is 5.88 Å². The van der Waals surface area contributed by atoms with Crippen LogP contribution < -0.4 is 15.2 Å². The Balaban J connectivity index is 1.80. The van der Waals surface area contributed by atoms with Gasteiger partial charge in [0.15, 0.2) is 10.7 Å². The minimum atomic E-state index is -4.37. The van der Waals surface area contributed by atoms with Gasteiger partial charge in [0.05, 0.1) is 28.9 Å². The number of ether oxygens (including phenoxy) is 1. The van der Waals surface area contributed by atoms with E-state index in [0.717, 1.165) is 18.2 Å².